The average molecular weight is 512 g/mol. The fourth-order valence-electron chi connectivity index (χ4n) is 3.52. The molecule has 2 aromatic rings. The highest BCUT2D eigenvalue weighted by Gasteiger charge is 2.28. The molecule has 26 heavy (non-hydrogen) atoms. The summed E-state index contributed by atoms with van der Waals surface area (Å²) in [5.41, 5.74) is 5.28. The Morgan fingerprint density at radius 1 is 1.04 bits per heavy atom. The number of rotatable bonds is 4. The van der Waals surface area contributed by atoms with Crippen LogP contribution in [0.2, 0.25) is 5.02 Å². The first-order valence-corrected chi connectivity index (χ1v) is 9.20. The minimum absolute atomic E-state index is 0. The van der Waals surface area contributed by atoms with Crippen LogP contribution in [0.15, 0.2) is 22.6 Å². The molecule has 9 heteroatoms. The topological polar surface area (TPSA) is 65.4 Å². The fourth-order valence-corrected chi connectivity index (χ4v) is 3.68. The highest BCUT2D eigenvalue weighted by atomic mass is 79.9. The number of nitrogens with zero attached hydrogens (tertiary/aromatic N) is 2. The molecule has 0 amide bonds. The molecule has 0 unspecified atom stereocenters. The Morgan fingerprint density at radius 2 is 1.69 bits per heavy atom. The van der Waals surface area contributed by atoms with Gasteiger partial charge in [0.25, 0.3) is 0 Å². The van der Waals surface area contributed by atoms with E-state index in [0.717, 1.165) is 63.0 Å². The molecule has 0 bridgehead atoms. The summed E-state index contributed by atoms with van der Waals surface area (Å²) in [5, 5.41) is 9.68. The van der Waals surface area contributed by atoms with Crippen LogP contribution in [-0.4, -0.2) is 43.2 Å². The van der Waals surface area contributed by atoms with E-state index in [1.54, 1.807) is 0 Å². The van der Waals surface area contributed by atoms with Crippen LogP contribution < -0.4 is 21.1 Å². The van der Waals surface area contributed by atoms with Crippen LogP contribution in [0.3, 0.4) is 0 Å². The van der Waals surface area contributed by atoms with E-state index in [0.29, 0.717) is 23.1 Å². The molecule has 2 aliphatic heterocycles. The molecule has 0 aliphatic carbocycles. The van der Waals surface area contributed by atoms with E-state index in [1.165, 1.54) is 0 Å². The monoisotopic (exact) mass is 509 g/mol. The maximum absolute atomic E-state index is 6.08. The average Bonchev–Trinajstić information content (AvgIpc) is 3.04. The van der Waals surface area contributed by atoms with Crippen molar-refractivity contribution >= 4 is 62.7 Å². The highest BCUT2D eigenvalue weighted by Crippen LogP contribution is 2.27. The number of aromatic nitrogens is 1. The Morgan fingerprint density at radius 3 is 2.38 bits per heavy atom. The van der Waals surface area contributed by atoms with Gasteiger partial charge in [0.05, 0.1) is 6.04 Å². The van der Waals surface area contributed by atoms with Gasteiger partial charge in [-0.3, -0.25) is 5.01 Å². The van der Waals surface area contributed by atoms with Crippen molar-refractivity contribution in [2.75, 3.05) is 31.2 Å². The third kappa shape index (κ3) is 5.11. The molecule has 0 spiro atoms. The molecule has 6 nitrogen and oxygen atoms in total. The summed E-state index contributed by atoms with van der Waals surface area (Å²) in [6.45, 7) is 4.17. The summed E-state index contributed by atoms with van der Waals surface area (Å²) < 4.78 is 6.04. The van der Waals surface area contributed by atoms with Crippen LogP contribution in [0, 0.1) is 0 Å². The minimum atomic E-state index is 0. The predicted molar refractivity (Wildman–Crippen MR) is 117 cm³/mol. The van der Waals surface area contributed by atoms with Crippen LogP contribution in [0.4, 0.5) is 6.01 Å². The lowest BCUT2D eigenvalue weighted by Gasteiger charge is -2.37. The van der Waals surface area contributed by atoms with E-state index in [9.17, 15) is 0 Å². The first kappa shape index (κ1) is 21.9. The number of fused-ring (bicyclic) bond motifs is 1. The number of hydrazine groups is 1. The molecule has 1 aromatic carbocycles. The largest absolute Gasteiger partial charge is 0.422 e. The summed E-state index contributed by atoms with van der Waals surface area (Å²) in [6.07, 6.45) is 4.40. The zero-order valence-corrected chi connectivity index (χ0v) is 18.7. The van der Waals surface area contributed by atoms with E-state index in [1.807, 2.05) is 18.2 Å². The molecule has 0 saturated carbocycles. The quantitative estimate of drug-likeness (QED) is 0.547. The first-order chi connectivity index (χ1) is 11.8. The molecule has 2 aliphatic rings. The number of halogens is 3. The van der Waals surface area contributed by atoms with Gasteiger partial charge >= 0.3 is 6.01 Å². The molecule has 4 rings (SSSR count). The lowest BCUT2D eigenvalue weighted by atomic mass is 10.1. The molecule has 2 saturated heterocycles. The number of oxazole rings is 1. The maximum atomic E-state index is 6.08. The van der Waals surface area contributed by atoms with E-state index in [-0.39, 0.29) is 34.0 Å². The number of hydrogen-bond donors (Lipinski definition) is 3. The van der Waals surface area contributed by atoms with Gasteiger partial charge in [-0.2, -0.15) is 4.98 Å². The van der Waals surface area contributed by atoms with E-state index >= 15 is 0 Å². The Labute approximate surface area is 179 Å². The van der Waals surface area contributed by atoms with Gasteiger partial charge in [0.15, 0.2) is 5.58 Å². The Hall–Kier alpha value is -0.380. The summed E-state index contributed by atoms with van der Waals surface area (Å²) in [4.78, 5) is 4.70. The van der Waals surface area contributed by atoms with E-state index in [2.05, 4.69) is 21.1 Å². The van der Waals surface area contributed by atoms with Crippen molar-refractivity contribution in [3.05, 3.63) is 23.2 Å². The molecular formula is C17H26Br2ClN5O. The van der Waals surface area contributed by atoms with Gasteiger partial charge < -0.3 is 15.1 Å². The summed E-state index contributed by atoms with van der Waals surface area (Å²) in [6, 6.07) is 7.10. The summed E-state index contributed by atoms with van der Waals surface area (Å²) in [5.74, 6) is 0. The summed E-state index contributed by atoms with van der Waals surface area (Å²) >= 11 is 6.08. The lowest BCUT2D eigenvalue weighted by molar-refractivity contribution is 0.315. The van der Waals surface area contributed by atoms with Crippen LogP contribution in [-0.2, 0) is 0 Å². The van der Waals surface area contributed by atoms with Crippen molar-refractivity contribution in [3.8, 4) is 0 Å². The Balaban J connectivity index is 0.00000121. The predicted octanol–water partition coefficient (Wildman–Crippen LogP) is 3.45. The lowest BCUT2D eigenvalue weighted by Crippen LogP contribution is -2.55. The molecule has 0 radical (unpaired) electrons. The van der Waals surface area contributed by atoms with Crippen LogP contribution in [0.25, 0.3) is 11.1 Å². The molecule has 146 valence electrons. The van der Waals surface area contributed by atoms with Crippen molar-refractivity contribution in [1.29, 1.82) is 0 Å². The molecule has 3 heterocycles. The molecular weight excluding hydrogens is 485 g/mol. The second-order valence-corrected chi connectivity index (χ2v) is 7.05. The van der Waals surface area contributed by atoms with Crippen molar-refractivity contribution < 1.29 is 4.42 Å². The second kappa shape index (κ2) is 10.2. The van der Waals surface area contributed by atoms with Gasteiger partial charge in [0.1, 0.15) is 5.52 Å². The fraction of sp³-hybridized carbons (Fsp3) is 0.588. The summed E-state index contributed by atoms with van der Waals surface area (Å²) in [7, 11) is 0. The SMILES string of the molecule is Br.Br.Clc1ccc2nc(N(NC3CCNCC3)C3CCNCC3)oc2c1. The van der Waals surface area contributed by atoms with Crippen LogP contribution in [0.5, 0.6) is 0 Å². The molecule has 1 aromatic heterocycles. The number of hydrogen-bond acceptors (Lipinski definition) is 6. The first-order valence-electron chi connectivity index (χ1n) is 8.82. The molecule has 3 N–H and O–H groups in total. The van der Waals surface area contributed by atoms with Gasteiger partial charge in [-0.1, -0.05) is 11.6 Å². The van der Waals surface area contributed by atoms with E-state index in [4.69, 9.17) is 21.0 Å². The third-order valence-electron chi connectivity index (χ3n) is 4.88. The Kier molecular flexibility index (Phi) is 8.63. The second-order valence-electron chi connectivity index (χ2n) is 6.61. The molecule has 0 atom stereocenters. The number of anilines is 1. The minimum Gasteiger partial charge on any atom is -0.422 e. The van der Waals surface area contributed by atoms with Gasteiger partial charge in [-0.25, -0.2) is 5.43 Å². The van der Waals surface area contributed by atoms with E-state index < -0.39 is 0 Å². The number of piperidine rings is 2. The number of nitrogens with one attached hydrogen (secondary N) is 3. The zero-order chi connectivity index (χ0) is 16.4. The van der Waals surface area contributed by atoms with Gasteiger partial charge in [0, 0.05) is 17.1 Å². The van der Waals surface area contributed by atoms with Crippen molar-refractivity contribution in [2.24, 2.45) is 0 Å². The maximum Gasteiger partial charge on any atom is 0.313 e. The highest BCUT2D eigenvalue weighted by molar-refractivity contribution is 8.93. The van der Waals surface area contributed by atoms with Gasteiger partial charge in [-0.15, -0.1) is 34.0 Å². The van der Waals surface area contributed by atoms with Crippen LogP contribution in [0.1, 0.15) is 25.7 Å². The number of benzene rings is 1. The van der Waals surface area contributed by atoms with Gasteiger partial charge in [-0.05, 0) is 64.0 Å². The van der Waals surface area contributed by atoms with Crippen molar-refractivity contribution in [1.82, 2.24) is 21.0 Å². The Bertz CT molecular complexity index is 689. The van der Waals surface area contributed by atoms with Gasteiger partial charge in [0.2, 0.25) is 0 Å². The smallest absolute Gasteiger partial charge is 0.313 e. The standard InChI is InChI=1S/C17H24ClN5O.2BrH/c18-12-1-2-15-16(11-12)24-17(21-15)23(14-5-9-20-10-6-14)22-13-3-7-19-8-4-13;;/h1-2,11,13-14,19-20,22H,3-10H2;2*1H. The van der Waals surface area contributed by atoms with Crippen molar-refractivity contribution in [2.45, 2.75) is 37.8 Å². The van der Waals surface area contributed by atoms with Crippen molar-refractivity contribution in [3.63, 3.8) is 0 Å². The zero-order valence-electron chi connectivity index (χ0n) is 14.5. The molecule has 2 fully saturated rings. The van der Waals surface area contributed by atoms with Crippen LogP contribution >= 0.6 is 45.6 Å². The third-order valence-corrected chi connectivity index (χ3v) is 5.12. The normalized spacial score (nSPS) is 19.0.